The second-order valence-electron chi connectivity index (χ2n) is 11.4. The van der Waals surface area contributed by atoms with E-state index in [1.54, 1.807) is 22.3 Å². The Bertz CT molecular complexity index is 2030. The summed E-state index contributed by atoms with van der Waals surface area (Å²) in [6.07, 6.45) is 2.70. The van der Waals surface area contributed by atoms with Crippen molar-refractivity contribution in [2.75, 3.05) is 11.3 Å². The van der Waals surface area contributed by atoms with E-state index in [4.69, 9.17) is 4.74 Å². The van der Waals surface area contributed by atoms with Crippen molar-refractivity contribution in [1.29, 1.82) is 5.26 Å². The smallest absolute Gasteiger partial charge is 0.407 e. The highest BCUT2D eigenvalue weighted by molar-refractivity contribution is 7.93. The van der Waals surface area contributed by atoms with Crippen molar-refractivity contribution in [3.63, 3.8) is 0 Å². The first-order valence-electron chi connectivity index (χ1n) is 14.2. The molecule has 236 valence electrons. The van der Waals surface area contributed by atoms with E-state index in [0.29, 0.717) is 24.3 Å². The monoisotopic (exact) mass is 656 g/mol. The van der Waals surface area contributed by atoms with Gasteiger partial charge in [0.15, 0.2) is 5.13 Å². The van der Waals surface area contributed by atoms with Gasteiger partial charge >= 0.3 is 6.09 Å². The van der Waals surface area contributed by atoms with Crippen LogP contribution in [0.25, 0.3) is 22.4 Å². The summed E-state index contributed by atoms with van der Waals surface area (Å²) in [5, 5.41) is 25.9. The molecule has 3 aromatic carbocycles. The van der Waals surface area contributed by atoms with Gasteiger partial charge in [-0.15, -0.1) is 11.3 Å². The molecule has 0 spiro atoms. The number of anilines is 1. The molecule has 0 saturated heterocycles. The Morgan fingerprint density at radius 1 is 1.07 bits per heavy atom. The number of aromatic nitrogens is 3. The lowest BCUT2D eigenvalue weighted by Crippen LogP contribution is -2.45. The first kappa shape index (κ1) is 32.2. The predicted octanol–water partition coefficient (Wildman–Crippen LogP) is 7.00. The fourth-order valence-electron chi connectivity index (χ4n) is 5.01. The summed E-state index contributed by atoms with van der Waals surface area (Å²) < 4.78 is 36.2. The molecule has 0 radical (unpaired) electrons. The van der Waals surface area contributed by atoms with Crippen LogP contribution in [0.15, 0.2) is 89.4 Å². The normalized spacial score (nSPS) is 11.5. The van der Waals surface area contributed by atoms with Crippen LogP contribution < -0.4 is 9.46 Å². The lowest BCUT2D eigenvalue weighted by atomic mass is 9.94. The van der Waals surface area contributed by atoms with Gasteiger partial charge in [-0.1, -0.05) is 30.3 Å². The molecule has 0 unspecified atom stereocenters. The molecule has 2 N–H and O–H groups in total. The molecule has 0 aliphatic carbocycles. The fourth-order valence-corrected chi connectivity index (χ4v) is 6.83. The third-order valence-electron chi connectivity index (χ3n) is 7.31. The Kier molecular flexibility index (Phi) is 9.13. The van der Waals surface area contributed by atoms with E-state index in [1.807, 2.05) is 76.4 Å². The molecule has 2 heterocycles. The number of benzene rings is 3. The summed E-state index contributed by atoms with van der Waals surface area (Å²) in [6.45, 7) is 5.94. The number of hydrogen-bond donors (Lipinski definition) is 2. The largest absolute Gasteiger partial charge is 0.465 e. The summed E-state index contributed by atoms with van der Waals surface area (Å²) >= 11 is 1.14. The van der Waals surface area contributed by atoms with Crippen molar-refractivity contribution in [3.8, 4) is 40.0 Å². The molecule has 1 amide bonds. The van der Waals surface area contributed by atoms with Gasteiger partial charge in [0.2, 0.25) is 0 Å². The third kappa shape index (κ3) is 7.03. The number of rotatable bonds is 10. The highest BCUT2D eigenvalue weighted by Gasteiger charge is 2.26. The minimum Gasteiger partial charge on any atom is -0.465 e. The van der Waals surface area contributed by atoms with E-state index in [0.717, 1.165) is 33.7 Å². The van der Waals surface area contributed by atoms with E-state index in [9.17, 15) is 23.6 Å². The molecule has 0 aliphatic heterocycles. The van der Waals surface area contributed by atoms with E-state index in [2.05, 4.69) is 14.8 Å². The molecule has 0 atom stereocenters. The zero-order valence-corrected chi connectivity index (χ0v) is 27.3. The Hall–Kier alpha value is -5.19. The van der Waals surface area contributed by atoms with E-state index in [-0.39, 0.29) is 21.3 Å². The molecule has 0 fully saturated rings. The Morgan fingerprint density at radius 2 is 1.83 bits per heavy atom. The Labute approximate surface area is 271 Å². The lowest BCUT2D eigenvalue weighted by molar-refractivity contribution is 0.101. The van der Waals surface area contributed by atoms with Crippen molar-refractivity contribution in [2.24, 2.45) is 7.05 Å². The number of nitrogens with one attached hydrogen (secondary N) is 1. The molecule has 5 rings (SSSR count). The van der Waals surface area contributed by atoms with Gasteiger partial charge in [-0.2, -0.15) is 10.4 Å². The summed E-state index contributed by atoms with van der Waals surface area (Å²) in [4.78, 5) is 17.2. The average Bonchev–Trinajstić information content (AvgIpc) is 3.68. The van der Waals surface area contributed by atoms with E-state index in [1.165, 1.54) is 29.3 Å². The van der Waals surface area contributed by atoms with Gasteiger partial charge in [0, 0.05) is 42.5 Å². The SMILES string of the molecule is Cn1nccc1-c1cc(-c2ccccc2CCN(C(=O)O)C(C)(C)C)ccc1Oc1ccc(S(=O)(=O)Nc2nccs2)cc1C#N. The molecule has 13 heteroatoms. The maximum Gasteiger partial charge on any atom is 0.407 e. The summed E-state index contributed by atoms with van der Waals surface area (Å²) in [5.41, 5.74) is 3.75. The number of aryl methyl sites for hydroxylation is 1. The number of amides is 1. The quantitative estimate of drug-likeness (QED) is 0.163. The minimum absolute atomic E-state index is 0.0363. The van der Waals surface area contributed by atoms with Crippen LogP contribution in [0.1, 0.15) is 31.9 Å². The Morgan fingerprint density at radius 3 is 2.48 bits per heavy atom. The average molecular weight is 657 g/mol. The molecule has 5 aromatic rings. The number of ether oxygens (including phenoxy) is 1. The number of sulfonamides is 1. The zero-order valence-electron chi connectivity index (χ0n) is 25.6. The number of thiazole rings is 1. The highest BCUT2D eigenvalue weighted by atomic mass is 32.2. The highest BCUT2D eigenvalue weighted by Crippen LogP contribution is 2.39. The van der Waals surface area contributed by atoms with Crippen LogP contribution in [0.2, 0.25) is 0 Å². The van der Waals surface area contributed by atoms with Crippen molar-refractivity contribution in [1.82, 2.24) is 19.7 Å². The van der Waals surface area contributed by atoms with Crippen LogP contribution in [-0.4, -0.2) is 51.4 Å². The van der Waals surface area contributed by atoms with Gasteiger partial charge in [0.1, 0.15) is 17.6 Å². The molecule has 0 saturated carbocycles. The van der Waals surface area contributed by atoms with Crippen LogP contribution in [0.4, 0.5) is 9.93 Å². The third-order valence-corrected chi connectivity index (χ3v) is 9.46. The molecule has 11 nitrogen and oxygen atoms in total. The Balaban J connectivity index is 1.50. The van der Waals surface area contributed by atoms with Crippen molar-refractivity contribution >= 4 is 32.6 Å². The number of hydrogen-bond acceptors (Lipinski definition) is 8. The molecule has 0 aliphatic rings. The number of nitriles is 1. The topological polar surface area (TPSA) is 150 Å². The number of carboxylic acid groups (broad SMARTS) is 1. The van der Waals surface area contributed by atoms with Gasteiger partial charge < -0.3 is 14.7 Å². The van der Waals surface area contributed by atoms with Crippen molar-refractivity contribution < 1.29 is 23.1 Å². The molecular weight excluding hydrogens is 625 g/mol. The summed E-state index contributed by atoms with van der Waals surface area (Å²) in [7, 11) is -2.17. The predicted molar refractivity (Wildman–Crippen MR) is 176 cm³/mol. The zero-order chi connectivity index (χ0) is 33.1. The van der Waals surface area contributed by atoms with Gasteiger partial charge in [0.05, 0.1) is 16.2 Å². The van der Waals surface area contributed by atoms with Gasteiger partial charge in [-0.05, 0) is 80.3 Å². The standard InChI is InChI=1S/C33H32N6O5S2/c1-33(2,3)39(32(40)41)17-14-22-7-5-6-8-26(22)23-9-11-30(27(20-23)28-13-15-36-38(28)4)44-29-12-10-25(19-24(29)21-34)46(42,43)37-31-35-16-18-45-31/h5-13,15-16,18-20H,14,17H2,1-4H3,(H,35,37)(H,40,41). The van der Waals surface area contributed by atoms with E-state index < -0.39 is 21.7 Å². The molecule has 0 bridgehead atoms. The second-order valence-corrected chi connectivity index (χ2v) is 14.0. The van der Waals surface area contributed by atoms with Crippen LogP contribution in [-0.2, 0) is 23.5 Å². The van der Waals surface area contributed by atoms with Crippen LogP contribution in [0, 0.1) is 11.3 Å². The first-order chi connectivity index (χ1) is 21.9. The first-order valence-corrected chi connectivity index (χ1v) is 16.6. The second kappa shape index (κ2) is 13.0. The number of nitrogens with zero attached hydrogens (tertiary/aromatic N) is 5. The molecular formula is C33H32N6O5S2. The molecule has 2 aromatic heterocycles. The lowest BCUT2D eigenvalue weighted by Gasteiger charge is -2.33. The van der Waals surface area contributed by atoms with Crippen molar-refractivity contribution in [3.05, 3.63) is 95.6 Å². The summed E-state index contributed by atoms with van der Waals surface area (Å²) in [6, 6.07) is 21.5. The summed E-state index contributed by atoms with van der Waals surface area (Å²) in [5.74, 6) is 0.617. The van der Waals surface area contributed by atoms with E-state index >= 15 is 0 Å². The van der Waals surface area contributed by atoms with Gasteiger partial charge in [-0.25, -0.2) is 18.2 Å². The van der Waals surface area contributed by atoms with Crippen LogP contribution in [0.5, 0.6) is 11.5 Å². The maximum atomic E-state index is 12.9. The van der Waals surface area contributed by atoms with Gasteiger partial charge in [0.25, 0.3) is 10.0 Å². The van der Waals surface area contributed by atoms with Crippen LogP contribution in [0.3, 0.4) is 0 Å². The fraction of sp³-hybridized carbons (Fsp3) is 0.212. The number of carbonyl (C=O) groups is 1. The van der Waals surface area contributed by atoms with Crippen molar-refractivity contribution in [2.45, 2.75) is 37.6 Å². The maximum absolute atomic E-state index is 12.9. The van der Waals surface area contributed by atoms with Gasteiger partial charge in [-0.3, -0.25) is 9.40 Å². The minimum atomic E-state index is -3.97. The van der Waals surface area contributed by atoms with Crippen LogP contribution >= 0.6 is 11.3 Å². The molecule has 46 heavy (non-hydrogen) atoms.